The van der Waals surface area contributed by atoms with Crippen molar-refractivity contribution in [3.8, 4) is 0 Å². The number of nitrogens with zero attached hydrogens (tertiary/aromatic N) is 3. The molecule has 0 fully saturated rings. The molecule has 0 aliphatic rings. The Balaban J connectivity index is 2.92. The van der Waals surface area contributed by atoms with Crippen LogP contribution in [0.15, 0.2) is 14.4 Å². The lowest BCUT2D eigenvalue weighted by Gasteiger charge is -2.14. The Morgan fingerprint density at radius 1 is 0.444 bits per heavy atom. The second-order valence-electron chi connectivity index (χ2n) is 11.9. The van der Waals surface area contributed by atoms with Crippen LogP contribution in [0.1, 0.15) is 41.5 Å². The van der Waals surface area contributed by atoms with Gasteiger partial charge in [0, 0.05) is 32.4 Å². The van der Waals surface area contributed by atoms with Crippen molar-refractivity contribution >= 4 is 98.6 Å². The molecule has 0 atom stereocenters. The largest absolute Gasteiger partial charge is 0.465 e. The molecule has 0 amide bonds. The molecule has 0 unspecified atom stereocenters. The second kappa shape index (κ2) is 27.8. The summed E-state index contributed by atoms with van der Waals surface area (Å²) in [6.07, 6.45) is 0. The molecule has 24 heteroatoms. The summed E-state index contributed by atoms with van der Waals surface area (Å²) >= 11 is 0. The maximum Gasteiger partial charge on any atom is 0.378 e. The second-order valence-corrected chi connectivity index (χ2v) is 18.6. The van der Waals surface area contributed by atoms with Crippen LogP contribution in [0.2, 0.25) is 0 Å². The van der Waals surface area contributed by atoms with Gasteiger partial charge in [-0.3, -0.25) is 14.4 Å². The number of rotatable bonds is 24. The number of hydrogen-bond acceptors (Lipinski definition) is 21. The first-order valence-corrected chi connectivity index (χ1v) is 23.3. The number of carbonyl (C=O) groups excluding carboxylic acids is 6. The van der Waals surface area contributed by atoms with Gasteiger partial charge in [-0.25, -0.2) is 42.5 Å². The Bertz CT molecular complexity index is 1370. The summed E-state index contributed by atoms with van der Waals surface area (Å²) in [6, 6.07) is 0. The van der Waals surface area contributed by atoms with E-state index in [0.29, 0.717) is 46.1 Å². The smallest absolute Gasteiger partial charge is 0.378 e. The maximum atomic E-state index is 13.2. The van der Waals surface area contributed by atoms with Gasteiger partial charge in [0.25, 0.3) is 0 Å². The molecule has 1 rings (SSSR count). The molecule has 54 heavy (non-hydrogen) atoms. The van der Waals surface area contributed by atoms with E-state index in [1.54, 1.807) is 0 Å². The van der Waals surface area contributed by atoms with Crippen molar-refractivity contribution in [1.82, 2.24) is 13.7 Å². The topological polar surface area (TPSA) is 224 Å². The molecule has 0 saturated carbocycles. The summed E-state index contributed by atoms with van der Waals surface area (Å²) < 4.78 is 32.2. The average Bonchev–Trinajstić information content (AvgIpc) is 3.09. The summed E-state index contributed by atoms with van der Waals surface area (Å²) in [5.41, 5.74) is -3.27. The molecule has 0 aliphatic carbocycles. The first-order valence-electron chi connectivity index (χ1n) is 16.3. The van der Waals surface area contributed by atoms with E-state index in [2.05, 4.69) is 0 Å². The van der Waals surface area contributed by atoms with Crippen LogP contribution in [0.5, 0.6) is 0 Å². The van der Waals surface area contributed by atoms with E-state index in [-0.39, 0.29) is 54.8 Å². The summed E-state index contributed by atoms with van der Waals surface area (Å²) in [6.45, 7) is 9.08. The van der Waals surface area contributed by atoms with Crippen LogP contribution in [0.4, 0.5) is 14.4 Å². The third-order valence-electron chi connectivity index (χ3n) is 5.63. The van der Waals surface area contributed by atoms with E-state index in [1.807, 2.05) is 41.5 Å². The van der Waals surface area contributed by atoms with Gasteiger partial charge in [-0.2, -0.15) is 0 Å². The maximum absolute atomic E-state index is 13.2. The van der Waals surface area contributed by atoms with Gasteiger partial charge in [-0.15, -0.1) is 0 Å². The van der Waals surface area contributed by atoms with Gasteiger partial charge >= 0.3 is 50.9 Å². The van der Waals surface area contributed by atoms with Gasteiger partial charge < -0.3 is 28.4 Å². The molecular weight excluding hydrogens is 835 g/mol. The molecule has 1 heterocycles. The van der Waals surface area contributed by atoms with Gasteiger partial charge in [0.1, 0.15) is 37.1 Å². The fourth-order valence-electron chi connectivity index (χ4n) is 3.27. The van der Waals surface area contributed by atoms with Crippen molar-refractivity contribution in [3.05, 3.63) is 31.5 Å². The highest BCUT2D eigenvalue weighted by atomic mass is 33.1. The molecule has 306 valence electrons. The van der Waals surface area contributed by atoms with Crippen molar-refractivity contribution in [1.29, 1.82) is 0 Å². The third-order valence-corrected chi connectivity index (χ3v) is 11.2. The third kappa shape index (κ3) is 22.0. The van der Waals surface area contributed by atoms with Crippen LogP contribution in [0.25, 0.3) is 0 Å². The van der Waals surface area contributed by atoms with Crippen LogP contribution < -0.4 is 17.1 Å². The lowest BCUT2D eigenvalue weighted by molar-refractivity contribution is -0.142. The fraction of sp³-hybridized carbons (Fsp3) is 0.700. The number of aromatic nitrogens is 3. The highest BCUT2D eigenvalue weighted by Gasteiger charge is 2.19. The molecule has 0 aliphatic heterocycles. The number of esters is 3. The summed E-state index contributed by atoms with van der Waals surface area (Å²) in [5, 5.41) is -2.45. The highest BCUT2D eigenvalue weighted by molar-refractivity contribution is 8.82. The number of ether oxygens (including phenoxy) is 6. The quantitative estimate of drug-likeness (QED) is 0.0801. The van der Waals surface area contributed by atoms with Crippen molar-refractivity contribution < 1.29 is 57.2 Å². The molecule has 18 nitrogen and oxygen atoms in total. The minimum absolute atomic E-state index is 0.124. The van der Waals surface area contributed by atoms with Crippen LogP contribution in [0.3, 0.4) is 0 Å². The summed E-state index contributed by atoms with van der Waals surface area (Å²) in [4.78, 5) is 111. The Hall–Kier alpha value is -2.67. The van der Waals surface area contributed by atoms with E-state index in [9.17, 15) is 43.2 Å². The van der Waals surface area contributed by atoms with E-state index >= 15 is 0 Å². The Labute approximate surface area is 335 Å². The first kappa shape index (κ1) is 49.3. The van der Waals surface area contributed by atoms with E-state index < -0.39 is 90.3 Å². The van der Waals surface area contributed by atoms with Gasteiger partial charge in [0.2, 0.25) is 0 Å². The Morgan fingerprint density at radius 3 is 0.907 bits per heavy atom. The predicted octanol–water partition coefficient (Wildman–Crippen LogP) is 4.32. The first-order chi connectivity index (χ1) is 25.5. The molecule has 0 N–H and O–H groups in total. The Morgan fingerprint density at radius 2 is 0.685 bits per heavy atom. The van der Waals surface area contributed by atoms with Crippen molar-refractivity contribution in [2.45, 2.75) is 61.2 Å². The van der Waals surface area contributed by atoms with E-state index in [4.69, 9.17) is 28.4 Å². The minimum Gasteiger partial charge on any atom is -0.465 e. The van der Waals surface area contributed by atoms with Gasteiger partial charge in [-0.1, -0.05) is 73.9 Å². The van der Waals surface area contributed by atoms with Gasteiger partial charge in [0.15, 0.2) is 0 Å². The SMILES string of the molecule is CC(C)COC(=O)CSSC(=O)OCCn1c(=O)n(CCOC(=O)SSCC(=O)OCC(C)C)c(=O)n(CCOC(=O)SSCC(=O)OCC(C)C)c1=O. The minimum atomic E-state index is -1.09. The zero-order valence-corrected chi connectivity index (χ0v) is 35.5. The molecule has 0 bridgehead atoms. The van der Waals surface area contributed by atoms with Crippen LogP contribution in [0, 0.1) is 17.8 Å². The van der Waals surface area contributed by atoms with E-state index in [0.717, 1.165) is 32.4 Å². The Kier molecular flexibility index (Phi) is 25.4. The van der Waals surface area contributed by atoms with Crippen LogP contribution in [-0.2, 0) is 62.4 Å². The fourth-order valence-corrected chi connectivity index (χ4v) is 7.36. The lowest BCUT2D eigenvalue weighted by atomic mass is 10.2. The zero-order valence-electron chi connectivity index (χ0n) is 30.6. The number of carbonyl (C=O) groups is 6. The monoisotopic (exact) mass is 879 g/mol. The molecule has 1 aromatic rings. The van der Waals surface area contributed by atoms with Crippen LogP contribution in [-0.4, -0.2) is 104 Å². The van der Waals surface area contributed by atoms with Gasteiger partial charge in [0.05, 0.1) is 39.5 Å². The lowest BCUT2D eigenvalue weighted by Crippen LogP contribution is -2.55. The van der Waals surface area contributed by atoms with Gasteiger partial charge in [-0.05, 0) is 17.8 Å². The molecule has 0 radical (unpaired) electrons. The summed E-state index contributed by atoms with van der Waals surface area (Å²) in [5.74, 6) is -1.49. The van der Waals surface area contributed by atoms with E-state index in [1.165, 1.54) is 0 Å². The molecule has 0 aromatic carbocycles. The van der Waals surface area contributed by atoms with Crippen LogP contribution >= 0.6 is 64.8 Å². The molecule has 0 saturated heterocycles. The zero-order chi connectivity index (χ0) is 40.6. The normalized spacial score (nSPS) is 11.1. The van der Waals surface area contributed by atoms with Crippen molar-refractivity contribution in [2.24, 2.45) is 17.8 Å². The molecular formula is C30H45N3O15S6. The summed E-state index contributed by atoms with van der Waals surface area (Å²) in [7, 11) is 4.46. The molecule has 1 aromatic heterocycles. The van der Waals surface area contributed by atoms with Crippen molar-refractivity contribution in [2.75, 3.05) is 56.9 Å². The van der Waals surface area contributed by atoms with Crippen molar-refractivity contribution in [3.63, 3.8) is 0 Å². The predicted molar refractivity (Wildman–Crippen MR) is 211 cm³/mol. The standard InChI is InChI=1S/C30H45N3O15S6/c1-19(2)13-46-22(34)16-49-52-28(40)43-10-7-31-25(37)32(8-11-44-29(41)53-50-17-23(35)47-14-20(3)4)27(39)33(26(31)38)9-12-45-30(42)54-51-18-24(36)48-15-21(5)6/h19-21H,7-18H2,1-6H3. The molecule has 0 spiro atoms. The number of hydrogen-bond donors (Lipinski definition) is 0. The highest BCUT2D eigenvalue weighted by Crippen LogP contribution is 2.25. The average molecular weight is 880 g/mol.